The topological polar surface area (TPSA) is 73.2 Å². The fourth-order valence-electron chi connectivity index (χ4n) is 4.07. The van der Waals surface area contributed by atoms with Crippen LogP contribution in [0.5, 0.6) is 0 Å². The van der Waals surface area contributed by atoms with E-state index in [0.29, 0.717) is 6.04 Å². The maximum atomic E-state index is 12.9. The molecule has 0 unspecified atom stereocenters. The second kappa shape index (κ2) is 8.98. The molecule has 31 heavy (non-hydrogen) atoms. The Morgan fingerprint density at radius 2 is 1.68 bits per heavy atom. The Balaban J connectivity index is 0.000000339. The molecule has 1 saturated carbocycles. The number of carboxylic acids is 1. The van der Waals surface area contributed by atoms with Gasteiger partial charge >= 0.3 is 12.1 Å². The van der Waals surface area contributed by atoms with Gasteiger partial charge in [0.2, 0.25) is 5.91 Å². The summed E-state index contributed by atoms with van der Waals surface area (Å²) in [7, 11) is 0. The number of hydrogen-bond donors (Lipinski definition) is 1. The van der Waals surface area contributed by atoms with E-state index in [4.69, 9.17) is 15.0 Å². The summed E-state index contributed by atoms with van der Waals surface area (Å²) in [5.41, 5.74) is 2.16. The van der Waals surface area contributed by atoms with Crippen molar-refractivity contribution < 1.29 is 27.9 Å². The largest absolute Gasteiger partial charge is 0.490 e. The minimum Gasteiger partial charge on any atom is -0.475 e. The van der Waals surface area contributed by atoms with Gasteiger partial charge in [0.05, 0.1) is 11.3 Å². The monoisotopic (exact) mass is 439 g/mol. The van der Waals surface area contributed by atoms with Gasteiger partial charge in [0.25, 0.3) is 0 Å². The fraction of sp³-hybridized carbons (Fsp3) is 0.591. The van der Waals surface area contributed by atoms with Crippen molar-refractivity contribution in [2.45, 2.75) is 63.7 Å². The first-order valence-electron chi connectivity index (χ1n) is 10.5. The molecule has 1 N–H and O–H groups in total. The van der Waals surface area contributed by atoms with E-state index in [0.717, 1.165) is 56.5 Å². The Labute approximate surface area is 179 Å². The zero-order valence-electron chi connectivity index (χ0n) is 17.7. The van der Waals surface area contributed by atoms with E-state index in [-0.39, 0.29) is 17.4 Å². The highest BCUT2D eigenvalue weighted by molar-refractivity contribution is 6.04. The summed E-state index contributed by atoms with van der Waals surface area (Å²) in [5, 5.41) is 13.9. The predicted molar refractivity (Wildman–Crippen MR) is 110 cm³/mol. The summed E-state index contributed by atoms with van der Waals surface area (Å²) in [4.78, 5) is 24.3. The summed E-state index contributed by atoms with van der Waals surface area (Å²) in [6.45, 7) is 6.63. The minimum atomic E-state index is -5.08. The number of aliphatic carboxylic acids is 1. The van der Waals surface area contributed by atoms with Gasteiger partial charge in [-0.1, -0.05) is 30.3 Å². The number of carbonyl (C=O) groups excluding carboxylic acids is 1. The third-order valence-corrected chi connectivity index (χ3v) is 6.11. The molecule has 1 aliphatic carbocycles. The van der Waals surface area contributed by atoms with Gasteiger partial charge in [-0.05, 0) is 45.1 Å². The first kappa shape index (κ1) is 23.2. The lowest BCUT2D eigenvalue weighted by Gasteiger charge is -2.44. The summed E-state index contributed by atoms with van der Waals surface area (Å²) in [5.74, 6) is -2.27. The zero-order chi connectivity index (χ0) is 22.8. The first-order valence-corrected chi connectivity index (χ1v) is 10.5. The average molecular weight is 439 g/mol. The third-order valence-electron chi connectivity index (χ3n) is 6.11. The Morgan fingerprint density at radius 1 is 1.13 bits per heavy atom. The first-order chi connectivity index (χ1) is 14.5. The maximum Gasteiger partial charge on any atom is 0.490 e. The van der Waals surface area contributed by atoms with Crippen LogP contribution in [0.2, 0.25) is 0 Å². The summed E-state index contributed by atoms with van der Waals surface area (Å²) in [6.07, 6.45) is -0.0339. The number of amides is 1. The molecule has 1 saturated heterocycles. The highest BCUT2D eigenvalue weighted by Crippen LogP contribution is 2.43. The third kappa shape index (κ3) is 5.44. The zero-order valence-corrected chi connectivity index (χ0v) is 17.7. The molecule has 9 heteroatoms. The number of alkyl halides is 3. The summed E-state index contributed by atoms with van der Waals surface area (Å²) in [6, 6.07) is 10.9. The van der Waals surface area contributed by atoms with E-state index < -0.39 is 12.1 Å². The van der Waals surface area contributed by atoms with Gasteiger partial charge in [-0.3, -0.25) is 4.79 Å². The van der Waals surface area contributed by atoms with E-state index >= 15 is 0 Å². The molecule has 1 amide bonds. The van der Waals surface area contributed by atoms with Crippen molar-refractivity contribution in [3.63, 3.8) is 0 Å². The van der Waals surface area contributed by atoms with Crippen LogP contribution in [0.1, 0.15) is 51.5 Å². The number of carboxylic acid groups (broad SMARTS) is 1. The van der Waals surface area contributed by atoms with Crippen LogP contribution in [0.4, 0.5) is 13.2 Å². The van der Waals surface area contributed by atoms with Crippen LogP contribution in [-0.2, 0) is 9.59 Å². The van der Waals surface area contributed by atoms with Crippen molar-refractivity contribution in [3.8, 4) is 0 Å². The molecule has 2 fully saturated rings. The van der Waals surface area contributed by atoms with E-state index in [9.17, 15) is 18.0 Å². The normalized spacial score (nSPS) is 21.0. The number of rotatable bonds is 3. The molecule has 1 spiro atoms. The number of benzene rings is 1. The van der Waals surface area contributed by atoms with Gasteiger partial charge in [0.1, 0.15) is 0 Å². The molecule has 0 aromatic heterocycles. The lowest BCUT2D eigenvalue weighted by Crippen LogP contribution is -2.54. The van der Waals surface area contributed by atoms with Crippen molar-refractivity contribution in [1.82, 2.24) is 9.91 Å². The Bertz CT molecular complexity index is 827. The van der Waals surface area contributed by atoms with E-state index in [1.54, 1.807) is 0 Å². The van der Waals surface area contributed by atoms with Crippen LogP contribution in [-0.4, -0.2) is 63.5 Å². The highest BCUT2D eigenvalue weighted by Gasteiger charge is 2.50. The molecule has 2 heterocycles. The second-order valence-electron chi connectivity index (χ2n) is 8.67. The smallest absolute Gasteiger partial charge is 0.475 e. The molecule has 170 valence electrons. The molecule has 0 atom stereocenters. The molecule has 0 radical (unpaired) electrons. The Morgan fingerprint density at radius 3 is 2.13 bits per heavy atom. The van der Waals surface area contributed by atoms with E-state index in [1.165, 1.54) is 0 Å². The number of halogens is 3. The van der Waals surface area contributed by atoms with Gasteiger partial charge < -0.3 is 10.0 Å². The maximum absolute atomic E-state index is 12.9. The molecule has 3 aliphatic rings. The van der Waals surface area contributed by atoms with Crippen molar-refractivity contribution in [2.75, 3.05) is 13.1 Å². The average Bonchev–Trinajstić information content (AvgIpc) is 3.51. The van der Waals surface area contributed by atoms with Crippen LogP contribution < -0.4 is 0 Å². The van der Waals surface area contributed by atoms with E-state index in [2.05, 4.69) is 43.0 Å². The van der Waals surface area contributed by atoms with Crippen LogP contribution in [0.25, 0.3) is 0 Å². The number of hydrogen-bond acceptors (Lipinski definition) is 4. The van der Waals surface area contributed by atoms with Gasteiger partial charge in [-0.2, -0.15) is 18.3 Å². The molecular formula is C22H28F3N3O3. The van der Waals surface area contributed by atoms with Crippen LogP contribution in [0.3, 0.4) is 0 Å². The van der Waals surface area contributed by atoms with Crippen LogP contribution in [0, 0.1) is 5.92 Å². The fourth-order valence-corrected chi connectivity index (χ4v) is 4.07. The van der Waals surface area contributed by atoms with E-state index in [1.807, 2.05) is 11.1 Å². The minimum absolute atomic E-state index is 0.0871. The van der Waals surface area contributed by atoms with Gasteiger partial charge in [0, 0.05) is 31.5 Å². The van der Waals surface area contributed by atoms with Crippen LogP contribution >= 0.6 is 0 Å². The molecule has 6 nitrogen and oxygen atoms in total. The molecule has 2 aliphatic heterocycles. The second-order valence-corrected chi connectivity index (χ2v) is 8.67. The summed E-state index contributed by atoms with van der Waals surface area (Å²) >= 11 is 0. The number of hydrazone groups is 1. The van der Waals surface area contributed by atoms with Gasteiger partial charge in [-0.15, -0.1) is 0 Å². The number of likely N-dealkylation sites (tertiary alicyclic amines) is 1. The van der Waals surface area contributed by atoms with Gasteiger partial charge in [-0.25, -0.2) is 9.80 Å². The van der Waals surface area contributed by atoms with Crippen molar-refractivity contribution in [2.24, 2.45) is 11.0 Å². The van der Waals surface area contributed by atoms with Crippen molar-refractivity contribution in [1.29, 1.82) is 0 Å². The summed E-state index contributed by atoms with van der Waals surface area (Å²) < 4.78 is 31.7. The lowest BCUT2D eigenvalue weighted by atomic mass is 9.81. The van der Waals surface area contributed by atoms with Crippen LogP contribution in [0.15, 0.2) is 35.4 Å². The Kier molecular flexibility index (Phi) is 6.73. The SMILES string of the molecule is CC(C)N1CCC2(CC1)CC(c1ccccc1)=NN2C(=O)C1CC1.O=C(O)C(F)(F)F. The molecule has 1 aromatic carbocycles. The number of carbonyl (C=O) groups is 2. The highest BCUT2D eigenvalue weighted by atomic mass is 19.4. The molecule has 0 bridgehead atoms. The number of nitrogens with zero attached hydrogens (tertiary/aromatic N) is 3. The molecule has 1 aromatic rings. The lowest BCUT2D eigenvalue weighted by molar-refractivity contribution is -0.192. The standard InChI is InChI=1S/C20H27N3O.C2HF3O2/c1-15(2)22-12-10-20(11-13-22)14-18(16-6-4-3-5-7-16)21-23(20)19(24)17-8-9-17;3-2(4,5)1(6)7/h3-7,15,17H,8-14H2,1-2H3;(H,6,7). The predicted octanol–water partition coefficient (Wildman–Crippen LogP) is 3.91. The number of piperidine rings is 1. The molecular weight excluding hydrogens is 411 g/mol. The van der Waals surface area contributed by atoms with Crippen molar-refractivity contribution in [3.05, 3.63) is 35.9 Å². The molecule has 4 rings (SSSR count). The Hall–Kier alpha value is -2.42. The van der Waals surface area contributed by atoms with Crippen molar-refractivity contribution >= 4 is 17.6 Å². The quantitative estimate of drug-likeness (QED) is 0.775. The van der Waals surface area contributed by atoms with Gasteiger partial charge in [0.15, 0.2) is 0 Å².